The molecule has 3 heterocycles. The molecule has 1 unspecified atom stereocenters. The van der Waals surface area contributed by atoms with Gasteiger partial charge in [0.1, 0.15) is 6.61 Å². The van der Waals surface area contributed by atoms with Crippen molar-refractivity contribution in [1.82, 2.24) is 15.2 Å². The zero-order valence-corrected chi connectivity index (χ0v) is 14.7. The van der Waals surface area contributed by atoms with E-state index in [0.29, 0.717) is 6.54 Å². The molecule has 1 aromatic heterocycles. The third kappa shape index (κ3) is 4.38. The topological polar surface area (TPSA) is 59.0 Å². The van der Waals surface area contributed by atoms with Crippen molar-refractivity contribution >= 4 is 5.96 Å². The van der Waals surface area contributed by atoms with Gasteiger partial charge < -0.3 is 19.7 Å². The highest BCUT2D eigenvalue weighted by atomic mass is 19.4. The number of hydrogen-bond donors (Lipinski definition) is 1. The first-order chi connectivity index (χ1) is 12.4. The van der Waals surface area contributed by atoms with Gasteiger partial charge in [0.2, 0.25) is 5.88 Å². The molecule has 1 aromatic rings. The van der Waals surface area contributed by atoms with E-state index in [2.05, 4.69) is 20.2 Å². The minimum Gasteiger partial charge on any atom is -0.476 e. The molecule has 2 aliphatic rings. The maximum Gasteiger partial charge on any atom is 0.417 e. The van der Waals surface area contributed by atoms with Crippen molar-refractivity contribution in [1.29, 1.82) is 0 Å². The predicted octanol–water partition coefficient (Wildman–Crippen LogP) is 2.17. The Morgan fingerprint density at radius 2 is 2.27 bits per heavy atom. The van der Waals surface area contributed by atoms with Gasteiger partial charge in [0.05, 0.1) is 18.7 Å². The van der Waals surface area contributed by atoms with Gasteiger partial charge in [-0.3, -0.25) is 4.99 Å². The lowest BCUT2D eigenvalue weighted by Gasteiger charge is -2.24. The molecule has 2 fully saturated rings. The molecule has 3 rings (SSSR count). The molecular formula is C17H23F3N4O2. The number of halogens is 3. The molecule has 26 heavy (non-hydrogen) atoms. The third-order valence-corrected chi connectivity index (χ3v) is 4.83. The van der Waals surface area contributed by atoms with Crippen molar-refractivity contribution in [3.05, 3.63) is 23.9 Å². The van der Waals surface area contributed by atoms with Crippen LogP contribution in [0.2, 0.25) is 0 Å². The van der Waals surface area contributed by atoms with Gasteiger partial charge in [-0.25, -0.2) is 4.98 Å². The number of nitrogens with zero attached hydrogens (tertiary/aromatic N) is 3. The SMILES string of the molecule is CN=C(NCCOc1ccc(C(F)(F)F)cn1)N1CCC2(CCOC2)C1. The number of pyridine rings is 1. The van der Waals surface area contributed by atoms with Gasteiger partial charge in [0.15, 0.2) is 5.96 Å². The number of likely N-dealkylation sites (tertiary alicyclic amines) is 1. The predicted molar refractivity (Wildman–Crippen MR) is 90.2 cm³/mol. The lowest BCUT2D eigenvalue weighted by atomic mass is 9.87. The van der Waals surface area contributed by atoms with E-state index in [1.165, 1.54) is 6.07 Å². The van der Waals surface area contributed by atoms with Gasteiger partial charge in [-0.1, -0.05) is 0 Å². The van der Waals surface area contributed by atoms with Crippen molar-refractivity contribution in [2.24, 2.45) is 10.4 Å². The molecular weight excluding hydrogens is 349 g/mol. The summed E-state index contributed by atoms with van der Waals surface area (Å²) in [6.45, 7) is 4.25. The molecule has 1 atom stereocenters. The third-order valence-electron chi connectivity index (χ3n) is 4.83. The number of nitrogens with one attached hydrogen (secondary N) is 1. The van der Waals surface area contributed by atoms with Crippen LogP contribution < -0.4 is 10.1 Å². The fourth-order valence-corrected chi connectivity index (χ4v) is 3.37. The summed E-state index contributed by atoms with van der Waals surface area (Å²) >= 11 is 0. The number of aromatic nitrogens is 1. The monoisotopic (exact) mass is 372 g/mol. The van der Waals surface area contributed by atoms with E-state index < -0.39 is 11.7 Å². The number of hydrogen-bond acceptors (Lipinski definition) is 4. The first-order valence-corrected chi connectivity index (χ1v) is 8.61. The zero-order chi connectivity index (χ0) is 18.6. The highest BCUT2D eigenvalue weighted by molar-refractivity contribution is 5.80. The first-order valence-electron chi connectivity index (χ1n) is 8.61. The van der Waals surface area contributed by atoms with Crippen LogP contribution in [-0.4, -0.2) is 62.3 Å². The van der Waals surface area contributed by atoms with E-state index >= 15 is 0 Å². The molecule has 0 aliphatic carbocycles. The number of rotatable bonds is 4. The van der Waals surface area contributed by atoms with E-state index in [0.717, 1.165) is 57.4 Å². The smallest absolute Gasteiger partial charge is 0.417 e. The van der Waals surface area contributed by atoms with Crippen molar-refractivity contribution in [3.63, 3.8) is 0 Å². The van der Waals surface area contributed by atoms with Crippen LogP contribution in [0.1, 0.15) is 18.4 Å². The maximum atomic E-state index is 12.5. The molecule has 1 N–H and O–H groups in total. The first kappa shape index (κ1) is 18.8. The van der Waals surface area contributed by atoms with Crippen LogP contribution in [0.3, 0.4) is 0 Å². The lowest BCUT2D eigenvalue weighted by Crippen LogP contribution is -2.42. The quantitative estimate of drug-likeness (QED) is 0.499. The van der Waals surface area contributed by atoms with Gasteiger partial charge >= 0.3 is 6.18 Å². The second kappa shape index (κ2) is 7.69. The summed E-state index contributed by atoms with van der Waals surface area (Å²) in [5.74, 6) is 0.968. The standard InChI is InChI=1S/C17H23F3N4O2/c1-21-15(24-7-4-16(11-24)5-8-25-12-16)22-6-9-26-14-3-2-13(10-23-14)17(18,19)20/h2-3,10H,4-9,11-12H2,1H3,(H,21,22). The Morgan fingerprint density at radius 3 is 2.88 bits per heavy atom. The Balaban J connectivity index is 1.42. The Morgan fingerprint density at radius 1 is 1.42 bits per heavy atom. The van der Waals surface area contributed by atoms with Crippen molar-refractivity contribution < 1.29 is 22.6 Å². The van der Waals surface area contributed by atoms with Crippen LogP contribution in [0.4, 0.5) is 13.2 Å². The molecule has 0 saturated carbocycles. The summed E-state index contributed by atoms with van der Waals surface area (Å²) in [6, 6.07) is 2.18. The average molecular weight is 372 g/mol. The fraction of sp³-hybridized carbons (Fsp3) is 0.647. The van der Waals surface area contributed by atoms with Gasteiger partial charge in [-0.2, -0.15) is 13.2 Å². The summed E-state index contributed by atoms with van der Waals surface area (Å²) in [6.07, 6.45) is -1.44. The Hall–Kier alpha value is -2.03. The number of guanidine groups is 1. The minimum absolute atomic E-state index is 0.165. The van der Waals surface area contributed by atoms with Gasteiger partial charge in [0.25, 0.3) is 0 Å². The second-order valence-electron chi connectivity index (χ2n) is 6.68. The number of ether oxygens (including phenoxy) is 2. The lowest BCUT2D eigenvalue weighted by molar-refractivity contribution is -0.137. The van der Waals surface area contributed by atoms with Crippen LogP contribution in [0.25, 0.3) is 0 Å². The average Bonchev–Trinajstić information content (AvgIpc) is 3.25. The van der Waals surface area contributed by atoms with E-state index in [9.17, 15) is 13.2 Å². The molecule has 0 bridgehead atoms. The normalized spacial score (nSPS) is 23.7. The minimum atomic E-state index is -4.39. The summed E-state index contributed by atoms with van der Waals surface area (Å²) in [4.78, 5) is 10.2. The van der Waals surface area contributed by atoms with Crippen LogP contribution >= 0.6 is 0 Å². The Kier molecular flexibility index (Phi) is 5.55. The zero-order valence-electron chi connectivity index (χ0n) is 14.7. The number of aliphatic imine (C=N–C) groups is 1. The molecule has 0 aromatic carbocycles. The molecule has 2 saturated heterocycles. The molecule has 9 heteroatoms. The maximum absolute atomic E-state index is 12.5. The molecule has 2 aliphatic heterocycles. The molecule has 144 valence electrons. The van der Waals surface area contributed by atoms with Crippen molar-refractivity contribution in [3.8, 4) is 5.88 Å². The van der Waals surface area contributed by atoms with E-state index in [-0.39, 0.29) is 17.9 Å². The van der Waals surface area contributed by atoms with E-state index in [1.54, 1.807) is 7.05 Å². The van der Waals surface area contributed by atoms with Crippen LogP contribution in [0, 0.1) is 5.41 Å². The highest BCUT2D eigenvalue weighted by Crippen LogP contribution is 2.38. The summed E-state index contributed by atoms with van der Waals surface area (Å²) in [7, 11) is 1.73. The van der Waals surface area contributed by atoms with Crippen LogP contribution in [-0.2, 0) is 10.9 Å². The summed E-state index contributed by atoms with van der Waals surface area (Å²) in [5, 5.41) is 3.23. The number of alkyl halides is 3. The van der Waals surface area contributed by atoms with E-state index in [1.807, 2.05) is 0 Å². The van der Waals surface area contributed by atoms with Crippen molar-refractivity contribution in [2.45, 2.75) is 19.0 Å². The van der Waals surface area contributed by atoms with Crippen LogP contribution in [0.15, 0.2) is 23.3 Å². The summed E-state index contributed by atoms with van der Waals surface area (Å²) < 4.78 is 48.4. The Bertz CT molecular complexity index is 628. The van der Waals surface area contributed by atoms with Gasteiger partial charge in [0, 0.05) is 44.4 Å². The second-order valence-corrected chi connectivity index (χ2v) is 6.68. The molecule has 1 spiro atoms. The molecule has 0 amide bonds. The summed E-state index contributed by atoms with van der Waals surface area (Å²) in [5.41, 5.74) is -0.541. The molecule has 6 nitrogen and oxygen atoms in total. The van der Waals surface area contributed by atoms with Gasteiger partial charge in [-0.15, -0.1) is 0 Å². The fourth-order valence-electron chi connectivity index (χ4n) is 3.37. The van der Waals surface area contributed by atoms with Gasteiger partial charge in [-0.05, 0) is 18.9 Å². The van der Waals surface area contributed by atoms with Crippen LogP contribution in [0.5, 0.6) is 5.88 Å². The largest absolute Gasteiger partial charge is 0.476 e. The molecule has 0 radical (unpaired) electrons. The Labute approximate surface area is 150 Å². The highest BCUT2D eigenvalue weighted by Gasteiger charge is 2.42. The van der Waals surface area contributed by atoms with E-state index in [4.69, 9.17) is 9.47 Å². The van der Waals surface area contributed by atoms with Crippen molar-refractivity contribution in [2.75, 3.05) is 46.5 Å².